The summed E-state index contributed by atoms with van der Waals surface area (Å²) in [5, 5.41) is 25.0. The molecule has 0 aliphatic carbocycles. The Morgan fingerprint density at radius 1 is 0.645 bits per heavy atom. The van der Waals surface area contributed by atoms with Gasteiger partial charge >= 0.3 is 0 Å². The van der Waals surface area contributed by atoms with Crippen molar-refractivity contribution in [3.05, 3.63) is 120 Å². The van der Waals surface area contributed by atoms with E-state index in [0.717, 1.165) is 33.5 Å². The molecule has 5 rings (SSSR count). The summed E-state index contributed by atoms with van der Waals surface area (Å²) in [5.74, 6) is 0.488. The van der Waals surface area contributed by atoms with Gasteiger partial charge in [-0.1, -0.05) is 97.1 Å². The van der Waals surface area contributed by atoms with E-state index in [1.807, 2.05) is 66.7 Å². The van der Waals surface area contributed by atoms with E-state index in [9.17, 15) is 10.2 Å². The Morgan fingerprint density at radius 2 is 1.32 bits per heavy atom. The molecule has 1 atom stereocenters. The molecule has 31 heavy (non-hydrogen) atoms. The molecule has 0 spiro atoms. The number of hydrogen-bond donors (Lipinski definition) is 3. The van der Waals surface area contributed by atoms with Crippen LogP contribution in [0.15, 0.2) is 103 Å². The number of fused-ring (bicyclic) bond motifs is 1. The minimum Gasteiger partial charge on any atom is -0.508 e. The minimum atomic E-state index is -0.639. The van der Waals surface area contributed by atoms with E-state index in [1.54, 1.807) is 12.1 Å². The van der Waals surface area contributed by atoms with E-state index in [2.05, 4.69) is 35.7 Å². The van der Waals surface area contributed by atoms with Crippen molar-refractivity contribution in [2.45, 2.75) is 12.0 Å². The average Bonchev–Trinajstić information content (AvgIpc) is 2.80. The Hall–Kier alpha value is -3.98. The van der Waals surface area contributed by atoms with E-state index in [4.69, 9.17) is 0 Å². The molecule has 3 heteroatoms. The van der Waals surface area contributed by atoms with Gasteiger partial charge in [0, 0.05) is 23.1 Å². The Kier molecular flexibility index (Phi) is 4.72. The van der Waals surface area contributed by atoms with Crippen molar-refractivity contribution in [3.8, 4) is 22.6 Å². The Morgan fingerprint density at radius 3 is 2.10 bits per heavy atom. The van der Waals surface area contributed by atoms with Gasteiger partial charge in [0.2, 0.25) is 0 Å². The maximum absolute atomic E-state index is 10.8. The number of phenolic OH excluding ortho intramolecular Hbond substituents is 2. The molecule has 0 saturated heterocycles. The van der Waals surface area contributed by atoms with Gasteiger partial charge in [-0.15, -0.1) is 0 Å². The van der Waals surface area contributed by atoms with Crippen LogP contribution >= 0.6 is 0 Å². The van der Waals surface area contributed by atoms with Gasteiger partial charge in [0.05, 0.1) is 11.2 Å². The number of hydrogen-bond acceptors (Lipinski definition) is 3. The van der Waals surface area contributed by atoms with Crippen molar-refractivity contribution >= 4 is 11.8 Å². The third-order valence-electron chi connectivity index (χ3n) is 5.90. The van der Waals surface area contributed by atoms with Crippen LogP contribution in [-0.2, 0) is 12.0 Å². The largest absolute Gasteiger partial charge is 0.508 e. The molecule has 1 heterocycles. The smallest absolute Gasteiger partial charge is 0.123 e. The summed E-state index contributed by atoms with van der Waals surface area (Å²) in [6.45, 7) is 0. The second-order valence-electron chi connectivity index (χ2n) is 7.90. The number of rotatable bonds is 4. The van der Waals surface area contributed by atoms with Crippen molar-refractivity contribution in [2.75, 3.05) is 5.32 Å². The average molecular weight is 405 g/mol. The molecule has 0 aromatic heterocycles. The summed E-state index contributed by atoms with van der Waals surface area (Å²) in [7, 11) is 0. The van der Waals surface area contributed by atoms with Crippen LogP contribution in [0.1, 0.15) is 16.7 Å². The van der Waals surface area contributed by atoms with Crippen molar-refractivity contribution < 1.29 is 10.2 Å². The quantitative estimate of drug-likeness (QED) is 0.371. The topological polar surface area (TPSA) is 52.5 Å². The molecule has 0 radical (unpaired) electrons. The molecular formula is C28H23NO2. The van der Waals surface area contributed by atoms with Gasteiger partial charge < -0.3 is 15.5 Å². The molecule has 3 N–H and O–H groups in total. The summed E-state index contributed by atoms with van der Waals surface area (Å²) in [6.07, 6.45) is 4.90. The maximum Gasteiger partial charge on any atom is 0.123 e. The number of benzene rings is 4. The lowest BCUT2D eigenvalue weighted by Gasteiger charge is -2.38. The highest BCUT2D eigenvalue weighted by Crippen LogP contribution is 2.45. The third-order valence-corrected chi connectivity index (χ3v) is 5.90. The first-order valence-electron chi connectivity index (χ1n) is 10.4. The number of nitrogens with one attached hydrogen (secondary N) is 1. The van der Waals surface area contributed by atoms with E-state index >= 15 is 0 Å². The van der Waals surface area contributed by atoms with Crippen LogP contribution in [-0.4, -0.2) is 10.2 Å². The number of phenols is 2. The molecule has 0 unspecified atom stereocenters. The van der Waals surface area contributed by atoms with Crippen LogP contribution in [0.4, 0.5) is 5.69 Å². The highest BCUT2D eigenvalue weighted by molar-refractivity contribution is 5.89. The standard InChI is InChI=1S/C28H23NO2/c30-25-15-6-4-12-22(25)23-13-8-11-21-17-18-28(29-27(21)23,19-20-9-2-1-3-10-20)24-14-5-7-16-26(24)31/h1-18,29-31H,19H2/t28-/m0/s1. The van der Waals surface area contributed by atoms with Crippen molar-refractivity contribution in [1.82, 2.24) is 0 Å². The normalized spacial score (nSPS) is 17.0. The predicted octanol–water partition coefficient (Wildman–Crippen LogP) is 6.34. The molecule has 3 nitrogen and oxygen atoms in total. The molecule has 0 amide bonds. The zero-order valence-corrected chi connectivity index (χ0v) is 17.0. The zero-order valence-electron chi connectivity index (χ0n) is 17.0. The SMILES string of the molecule is Oc1ccccc1-c1cccc2c1N[C@@](Cc1ccccc1)(c1ccccc1O)C=C2. The van der Waals surface area contributed by atoms with Gasteiger partial charge in [0.15, 0.2) is 0 Å². The fourth-order valence-corrected chi connectivity index (χ4v) is 4.40. The fraction of sp³-hybridized carbons (Fsp3) is 0.0714. The molecular weight excluding hydrogens is 382 g/mol. The molecule has 0 saturated carbocycles. The van der Waals surface area contributed by atoms with Crippen LogP contribution in [0.25, 0.3) is 17.2 Å². The summed E-state index contributed by atoms with van der Waals surface area (Å²) >= 11 is 0. The predicted molar refractivity (Wildman–Crippen MR) is 126 cm³/mol. The van der Waals surface area contributed by atoms with Crippen LogP contribution in [0, 0.1) is 0 Å². The van der Waals surface area contributed by atoms with E-state index in [-0.39, 0.29) is 11.5 Å². The monoisotopic (exact) mass is 405 g/mol. The van der Waals surface area contributed by atoms with Crippen molar-refractivity contribution in [1.29, 1.82) is 0 Å². The van der Waals surface area contributed by atoms with Gasteiger partial charge in [0.25, 0.3) is 0 Å². The fourth-order valence-electron chi connectivity index (χ4n) is 4.40. The third kappa shape index (κ3) is 3.44. The van der Waals surface area contributed by atoms with Gasteiger partial charge in [-0.05, 0) is 23.3 Å². The molecule has 4 aromatic carbocycles. The van der Waals surface area contributed by atoms with Crippen molar-refractivity contribution in [2.24, 2.45) is 0 Å². The van der Waals surface area contributed by atoms with Crippen molar-refractivity contribution in [3.63, 3.8) is 0 Å². The van der Waals surface area contributed by atoms with Gasteiger partial charge in [0.1, 0.15) is 11.5 Å². The van der Waals surface area contributed by atoms with Crippen LogP contribution in [0.3, 0.4) is 0 Å². The van der Waals surface area contributed by atoms with Gasteiger partial charge in [-0.25, -0.2) is 0 Å². The lowest BCUT2D eigenvalue weighted by atomic mass is 9.79. The molecule has 0 bridgehead atoms. The first kappa shape index (κ1) is 19.0. The summed E-state index contributed by atoms with van der Waals surface area (Å²) in [6, 6.07) is 31.2. The molecule has 1 aliphatic rings. The van der Waals surface area contributed by atoms with Gasteiger partial charge in [-0.3, -0.25) is 0 Å². The first-order valence-corrected chi connectivity index (χ1v) is 10.4. The van der Waals surface area contributed by atoms with E-state index in [0.29, 0.717) is 6.42 Å². The minimum absolute atomic E-state index is 0.239. The Labute approximate surface area is 182 Å². The van der Waals surface area contributed by atoms with E-state index < -0.39 is 5.54 Å². The lowest BCUT2D eigenvalue weighted by molar-refractivity contribution is 0.451. The highest BCUT2D eigenvalue weighted by atomic mass is 16.3. The van der Waals surface area contributed by atoms with E-state index in [1.165, 1.54) is 0 Å². The lowest BCUT2D eigenvalue weighted by Crippen LogP contribution is -2.38. The molecule has 0 fully saturated rings. The molecule has 4 aromatic rings. The maximum atomic E-state index is 10.8. The molecule has 152 valence electrons. The number of para-hydroxylation sites is 3. The summed E-state index contributed by atoms with van der Waals surface area (Å²) < 4.78 is 0. The Balaban J connectivity index is 1.69. The second-order valence-corrected chi connectivity index (χ2v) is 7.90. The Bertz CT molecular complexity index is 1260. The summed E-state index contributed by atoms with van der Waals surface area (Å²) in [5.41, 5.74) is 5.01. The van der Waals surface area contributed by atoms with Crippen LogP contribution < -0.4 is 5.32 Å². The second kappa shape index (κ2) is 7.69. The highest BCUT2D eigenvalue weighted by Gasteiger charge is 2.35. The van der Waals surface area contributed by atoms with Crippen LogP contribution in [0.2, 0.25) is 0 Å². The van der Waals surface area contributed by atoms with Gasteiger partial charge in [-0.2, -0.15) is 0 Å². The molecule has 1 aliphatic heterocycles. The number of aromatic hydroxyl groups is 2. The summed E-state index contributed by atoms with van der Waals surface area (Å²) in [4.78, 5) is 0. The number of anilines is 1. The first-order chi connectivity index (χ1) is 15.2. The zero-order chi connectivity index (χ0) is 21.3. The van der Waals surface area contributed by atoms with Crippen LogP contribution in [0.5, 0.6) is 11.5 Å².